The second kappa shape index (κ2) is 7.52. The first-order valence-electron chi connectivity index (χ1n) is 9.32. The second-order valence-electron chi connectivity index (χ2n) is 6.89. The summed E-state index contributed by atoms with van der Waals surface area (Å²) in [7, 11) is 1.66. The largest absolute Gasteiger partial charge is 0.497 e. The van der Waals surface area contributed by atoms with Crippen molar-refractivity contribution < 1.29 is 9.84 Å². The Morgan fingerprint density at radius 2 is 1.89 bits per heavy atom. The number of hydrogen-bond donors (Lipinski definition) is 1. The van der Waals surface area contributed by atoms with Gasteiger partial charge in [-0.2, -0.15) is 0 Å². The summed E-state index contributed by atoms with van der Waals surface area (Å²) in [6.07, 6.45) is 1.82. The summed E-state index contributed by atoms with van der Waals surface area (Å²) in [5, 5.41) is 9.77. The van der Waals surface area contributed by atoms with Crippen LogP contribution in [0.4, 0.5) is 5.82 Å². The third-order valence-corrected chi connectivity index (χ3v) is 4.90. The lowest BCUT2D eigenvalue weighted by Gasteiger charge is -2.30. The number of rotatable bonds is 4. The normalized spacial score (nSPS) is 14.5. The Hall–Kier alpha value is -3.06. The van der Waals surface area contributed by atoms with Crippen molar-refractivity contribution in [3.8, 4) is 17.0 Å². The van der Waals surface area contributed by atoms with Gasteiger partial charge in [0.2, 0.25) is 0 Å². The highest BCUT2D eigenvalue weighted by atomic mass is 16.5. The minimum absolute atomic E-state index is 0.432. The van der Waals surface area contributed by atoms with E-state index in [1.165, 1.54) is 5.56 Å². The summed E-state index contributed by atoms with van der Waals surface area (Å²) in [5.41, 5.74) is 4.24. The van der Waals surface area contributed by atoms with Crippen LogP contribution >= 0.6 is 0 Å². The van der Waals surface area contributed by atoms with E-state index in [9.17, 15) is 5.11 Å². The maximum Gasteiger partial charge on any atom is 0.158 e. The van der Waals surface area contributed by atoms with Gasteiger partial charge >= 0.3 is 0 Å². The number of anilines is 1. The van der Waals surface area contributed by atoms with Gasteiger partial charge in [-0.3, -0.25) is 0 Å². The summed E-state index contributed by atoms with van der Waals surface area (Å²) >= 11 is 0. The predicted octanol–water partition coefficient (Wildman–Crippen LogP) is 2.87. The third kappa shape index (κ3) is 3.53. The van der Waals surface area contributed by atoms with Crippen LogP contribution in [0.2, 0.25) is 0 Å². The van der Waals surface area contributed by atoms with Gasteiger partial charge < -0.3 is 14.7 Å². The van der Waals surface area contributed by atoms with Gasteiger partial charge in [0.05, 0.1) is 25.0 Å². The number of benzene rings is 1. The highest BCUT2D eigenvalue weighted by molar-refractivity contribution is 5.66. The summed E-state index contributed by atoms with van der Waals surface area (Å²) in [5.74, 6) is 2.81. The molecule has 0 aliphatic carbocycles. The molecule has 144 valence electrons. The fourth-order valence-corrected chi connectivity index (χ4v) is 3.48. The van der Waals surface area contributed by atoms with E-state index in [-0.39, 0.29) is 0 Å². The quantitative estimate of drug-likeness (QED) is 0.748. The van der Waals surface area contributed by atoms with Crippen molar-refractivity contribution in [2.24, 2.45) is 0 Å². The van der Waals surface area contributed by atoms with Gasteiger partial charge in [-0.05, 0) is 50.6 Å². The fourth-order valence-electron chi connectivity index (χ4n) is 3.48. The molecule has 1 aliphatic heterocycles. The average Bonchev–Trinajstić information content (AvgIpc) is 2.72. The molecule has 0 radical (unpaired) electrons. The Morgan fingerprint density at radius 3 is 2.61 bits per heavy atom. The van der Waals surface area contributed by atoms with E-state index in [1.54, 1.807) is 20.2 Å². The van der Waals surface area contributed by atoms with Crippen molar-refractivity contribution >= 4 is 5.82 Å². The van der Waals surface area contributed by atoms with Crippen LogP contribution in [0.25, 0.3) is 11.3 Å². The maximum atomic E-state index is 9.77. The number of aromatic nitrogens is 4. The number of aryl methyl sites for hydroxylation is 1. The molecule has 1 N–H and O–H groups in total. The monoisotopic (exact) mass is 377 g/mol. The zero-order chi connectivity index (χ0) is 19.7. The van der Waals surface area contributed by atoms with Crippen molar-refractivity contribution in [3.05, 3.63) is 59.4 Å². The standard InChI is InChI=1S/C21H23N5O2/c1-13(27)21-22-10-8-19(25-21)26-11-9-17-18(12-26)23-14(2)24-20(17)15-4-6-16(28-3)7-5-15/h4-8,10,13,27H,9,11-12H2,1-3H3. The lowest BCUT2D eigenvalue weighted by atomic mass is 9.98. The summed E-state index contributed by atoms with van der Waals surface area (Å²) in [4.78, 5) is 20.2. The third-order valence-electron chi connectivity index (χ3n) is 4.90. The second-order valence-corrected chi connectivity index (χ2v) is 6.89. The molecule has 0 saturated heterocycles. The van der Waals surface area contributed by atoms with Gasteiger partial charge in [0.15, 0.2) is 5.82 Å². The SMILES string of the molecule is COc1ccc(-c2nc(C)nc3c2CCN(c2ccnc(C(C)O)n2)C3)cc1. The number of aliphatic hydroxyl groups excluding tert-OH is 1. The first-order valence-corrected chi connectivity index (χ1v) is 9.32. The highest BCUT2D eigenvalue weighted by Crippen LogP contribution is 2.30. The fraction of sp³-hybridized carbons (Fsp3) is 0.333. The number of aliphatic hydroxyl groups is 1. The Labute approximate surface area is 164 Å². The minimum Gasteiger partial charge on any atom is -0.497 e. The molecule has 28 heavy (non-hydrogen) atoms. The molecule has 3 heterocycles. The zero-order valence-corrected chi connectivity index (χ0v) is 16.3. The molecule has 7 nitrogen and oxygen atoms in total. The highest BCUT2D eigenvalue weighted by Gasteiger charge is 2.24. The Morgan fingerprint density at radius 1 is 1.11 bits per heavy atom. The zero-order valence-electron chi connectivity index (χ0n) is 16.3. The van der Waals surface area contributed by atoms with Crippen molar-refractivity contribution in [1.29, 1.82) is 0 Å². The van der Waals surface area contributed by atoms with Crippen LogP contribution in [0.3, 0.4) is 0 Å². The molecule has 4 rings (SSSR count). The molecule has 0 amide bonds. The van der Waals surface area contributed by atoms with E-state index >= 15 is 0 Å². The van der Waals surface area contributed by atoms with E-state index in [0.717, 1.165) is 47.3 Å². The van der Waals surface area contributed by atoms with Crippen LogP contribution in [0.15, 0.2) is 36.5 Å². The lowest BCUT2D eigenvalue weighted by Crippen LogP contribution is -2.33. The molecule has 1 aliphatic rings. The molecule has 1 unspecified atom stereocenters. The molecular formula is C21H23N5O2. The van der Waals surface area contributed by atoms with Crippen LogP contribution in [0.5, 0.6) is 5.75 Å². The molecule has 0 bridgehead atoms. The smallest absolute Gasteiger partial charge is 0.158 e. The summed E-state index contributed by atoms with van der Waals surface area (Å²) < 4.78 is 5.26. The molecule has 0 saturated carbocycles. The number of methoxy groups -OCH3 is 1. The van der Waals surface area contributed by atoms with Gasteiger partial charge in [0.25, 0.3) is 0 Å². The van der Waals surface area contributed by atoms with Crippen LogP contribution in [0, 0.1) is 6.92 Å². The van der Waals surface area contributed by atoms with Gasteiger partial charge in [-0.25, -0.2) is 19.9 Å². The Bertz CT molecular complexity index is 989. The van der Waals surface area contributed by atoms with Crippen LogP contribution < -0.4 is 9.64 Å². The molecule has 0 fully saturated rings. The summed E-state index contributed by atoms with van der Waals surface area (Å²) in [6, 6.07) is 9.84. The van der Waals surface area contributed by atoms with Gasteiger partial charge in [0, 0.05) is 23.9 Å². The number of nitrogens with zero attached hydrogens (tertiary/aromatic N) is 5. The van der Waals surface area contributed by atoms with Crippen LogP contribution in [-0.4, -0.2) is 38.7 Å². The summed E-state index contributed by atoms with van der Waals surface area (Å²) in [6.45, 7) is 5.04. The van der Waals surface area contributed by atoms with Gasteiger partial charge in [-0.1, -0.05) is 0 Å². The van der Waals surface area contributed by atoms with Crippen LogP contribution in [-0.2, 0) is 13.0 Å². The van der Waals surface area contributed by atoms with Crippen molar-refractivity contribution in [2.75, 3.05) is 18.6 Å². The van der Waals surface area contributed by atoms with Crippen molar-refractivity contribution in [1.82, 2.24) is 19.9 Å². The molecule has 1 atom stereocenters. The van der Waals surface area contributed by atoms with E-state index < -0.39 is 6.10 Å². The molecule has 2 aromatic heterocycles. The minimum atomic E-state index is -0.691. The Balaban J connectivity index is 1.68. The van der Waals surface area contributed by atoms with Crippen molar-refractivity contribution in [3.63, 3.8) is 0 Å². The van der Waals surface area contributed by atoms with E-state index in [0.29, 0.717) is 12.4 Å². The van der Waals surface area contributed by atoms with Crippen LogP contribution in [0.1, 0.15) is 35.9 Å². The first kappa shape index (κ1) is 18.3. The van der Waals surface area contributed by atoms with Gasteiger partial charge in [-0.15, -0.1) is 0 Å². The molecule has 3 aromatic rings. The molecule has 0 spiro atoms. The topological polar surface area (TPSA) is 84.3 Å². The molecule has 1 aromatic carbocycles. The number of hydrogen-bond acceptors (Lipinski definition) is 7. The van der Waals surface area contributed by atoms with E-state index in [1.807, 2.05) is 37.3 Å². The Kier molecular flexibility index (Phi) is 4.92. The molecular weight excluding hydrogens is 354 g/mol. The van der Waals surface area contributed by atoms with Crippen molar-refractivity contribution in [2.45, 2.75) is 32.9 Å². The maximum absolute atomic E-state index is 9.77. The van der Waals surface area contributed by atoms with E-state index in [2.05, 4.69) is 14.9 Å². The first-order chi connectivity index (χ1) is 13.5. The van der Waals surface area contributed by atoms with E-state index in [4.69, 9.17) is 14.7 Å². The number of fused-ring (bicyclic) bond motifs is 1. The van der Waals surface area contributed by atoms with Gasteiger partial charge in [0.1, 0.15) is 23.5 Å². The predicted molar refractivity (Wildman–Crippen MR) is 106 cm³/mol. The number of ether oxygens (including phenoxy) is 1. The lowest BCUT2D eigenvalue weighted by molar-refractivity contribution is 0.189. The average molecular weight is 377 g/mol. The molecule has 7 heteroatoms.